The highest BCUT2D eigenvalue weighted by Gasteiger charge is 2.35. The number of piperidine rings is 1. The van der Waals surface area contributed by atoms with Crippen molar-refractivity contribution in [3.05, 3.63) is 35.9 Å². The molecule has 110 valence electrons. The maximum Gasteiger partial charge on any atom is 0.170 e. The summed E-state index contributed by atoms with van der Waals surface area (Å²) in [6.07, 6.45) is 1.65. The molecular formula is C15H22N2O2S. The Hall–Kier alpha value is -1.17. The van der Waals surface area contributed by atoms with Gasteiger partial charge in [0.25, 0.3) is 0 Å². The first-order valence-electron chi connectivity index (χ1n) is 6.86. The van der Waals surface area contributed by atoms with Crippen LogP contribution in [0, 0.1) is 0 Å². The molecule has 5 heteroatoms. The number of hydrogen-bond acceptors (Lipinski definition) is 3. The van der Waals surface area contributed by atoms with Crippen molar-refractivity contribution in [2.24, 2.45) is 0 Å². The highest BCUT2D eigenvalue weighted by molar-refractivity contribution is 7.80. The Morgan fingerprint density at radius 3 is 2.35 bits per heavy atom. The van der Waals surface area contributed by atoms with Gasteiger partial charge in [-0.3, -0.25) is 0 Å². The van der Waals surface area contributed by atoms with Gasteiger partial charge >= 0.3 is 0 Å². The van der Waals surface area contributed by atoms with Crippen LogP contribution >= 0.6 is 12.2 Å². The molecule has 1 fully saturated rings. The van der Waals surface area contributed by atoms with Crippen LogP contribution in [0.15, 0.2) is 30.3 Å². The van der Waals surface area contributed by atoms with Crippen LogP contribution < -0.4 is 5.32 Å². The molecular weight excluding hydrogens is 272 g/mol. The zero-order chi connectivity index (χ0) is 14.4. The number of methoxy groups -OCH3 is 2. The van der Waals surface area contributed by atoms with Crippen molar-refractivity contribution >= 4 is 17.3 Å². The number of nitrogens with one attached hydrogen (secondary N) is 1. The number of hydrogen-bond donors (Lipinski definition) is 1. The Bertz CT molecular complexity index is 425. The summed E-state index contributed by atoms with van der Waals surface area (Å²) in [4.78, 5) is 2.18. The van der Waals surface area contributed by atoms with Gasteiger partial charge in [-0.1, -0.05) is 30.3 Å². The Balaban J connectivity index is 1.80. The number of nitrogens with zero attached hydrogens (tertiary/aromatic N) is 1. The lowest BCUT2D eigenvalue weighted by Gasteiger charge is -2.40. The maximum atomic E-state index is 5.47. The largest absolute Gasteiger partial charge is 0.358 e. The van der Waals surface area contributed by atoms with E-state index in [9.17, 15) is 0 Å². The molecule has 0 atom stereocenters. The van der Waals surface area contributed by atoms with Crippen molar-refractivity contribution in [1.29, 1.82) is 0 Å². The second-order valence-corrected chi connectivity index (χ2v) is 5.34. The van der Waals surface area contributed by atoms with Crippen molar-refractivity contribution in [2.75, 3.05) is 27.3 Å². The van der Waals surface area contributed by atoms with Gasteiger partial charge in [0, 0.05) is 46.7 Å². The molecule has 1 heterocycles. The third-order valence-electron chi connectivity index (χ3n) is 3.84. The van der Waals surface area contributed by atoms with Gasteiger partial charge in [0.2, 0.25) is 0 Å². The quantitative estimate of drug-likeness (QED) is 0.680. The van der Waals surface area contributed by atoms with E-state index in [1.54, 1.807) is 14.2 Å². The highest BCUT2D eigenvalue weighted by Crippen LogP contribution is 2.26. The van der Waals surface area contributed by atoms with E-state index in [1.807, 2.05) is 18.2 Å². The lowest BCUT2D eigenvalue weighted by atomic mass is 10.0. The highest BCUT2D eigenvalue weighted by atomic mass is 32.1. The molecule has 0 saturated carbocycles. The molecule has 0 unspecified atom stereocenters. The van der Waals surface area contributed by atoms with Gasteiger partial charge in [-0.05, 0) is 17.8 Å². The second kappa shape index (κ2) is 7.02. The molecule has 20 heavy (non-hydrogen) atoms. The van der Waals surface area contributed by atoms with Crippen LogP contribution in [0.1, 0.15) is 18.4 Å². The molecule has 1 aliphatic heterocycles. The third-order valence-corrected chi connectivity index (χ3v) is 4.25. The van der Waals surface area contributed by atoms with E-state index in [1.165, 1.54) is 5.56 Å². The summed E-state index contributed by atoms with van der Waals surface area (Å²) in [6.45, 7) is 2.46. The van der Waals surface area contributed by atoms with Crippen LogP contribution in [0.4, 0.5) is 0 Å². The lowest BCUT2D eigenvalue weighted by Crippen LogP contribution is -2.51. The summed E-state index contributed by atoms with van der Waals surface area (Å²) >= 11 is 5.45. The van der Waals surface area contributed by atoms with Crippen molar-refractivity contribution in [3.63, 3.8) is 0 Å². The van der Waals surface area contributed by atoms with Crippen molar-refractivity contribution in [1.82, 2.24) is 10.2 Å². The molecule has 0 amide bonds. The van der Waals surface area contributed by atoms with Crippen LogP contribution in [0.2, 0.25) is 0 Å². The van der Waals surface area contributed by atoms with E-state index >= 15 is 0 Å². The monoisotopic (exact) mass is 294 g/mol. The van der Waals surface area contributed by atoms with Crippen LogP contribution in [-0.2, 0) is 16.0 Å². The Morgan fingerprint density at radius 2 is 1.80 bits per heavy atom. The minimum atomic E-state index is -0.439. The van der Waals surface area contributed by atoms with Gasteiger partial charge in [-0.15, -0.1) is 0 Å². The molecule has 1 N–H and O–H groups in total. The standard InChI is InChI=1S/C15H22N2O2S/c1-18-15(19-2)8-10-17(11-9-15)14(20)16-12-13-6-4-3-5-7-13/h3-7H,8-12H2,1-2H3,(H,16,20). The van der Waals surface area contributed by atoms with Crippen LogP contribution in [0.3, 0.4) is 0 Å². The first kappa shape index (κ1) is 15.2. The van der Waals surface area contributed by atoms with Gasteiger partial charge in [0.15, 0.2) is 10.9 Å². The van der Waals surface area contributed by atoms with Crippen molar-refractivity contribution in [3.8, 4) is 0 Å². The maximum absolute atomic E-state index is 5.47. The smallest absolute Gasteiger partial charge is 0.170 e. The fourth-order valence-corrected chi connectivity index (χ4v) is 2.68. The lowest BCUT2D eigenvalue weighted by molar-refractivity contribution is -0.225. The van der Waals surface area contributed by atoms with E-state index in [-0.39, 0.29) is 0 Å². The molecule has 0 bridgehead atoms. The molecule has 0 aromatic heterocycles. The van der Waals surface area contributed by atoms with E-state index in [0.717, 1.165) is 37.6 Å². The summed E-state index contributed by atoms with van der Waals surface area (Å²) in [6, 6.07) is 10.3. The number of rotatable bonds is 4. The second-order valence-electron chi connectivity index (χ2n) is 4.95. The molecule has 0 spiro atoms. The normalized spacial score (nSPS) is 17.8. The van der Waals surface area contributed by atoms with Crippen LogP contribution in [0.5, 0.6) is 0 Å². The summed E-state index contributed by atoms with van der Waals surface area (Å²) in [5.41, 5.74) is 1.23. The summed E-state index contributed by atoms with van der Waals surface area (Å²) in [5, 5.41) is 4.11. The van der Waals surface area contributed by atoms with E-state index in [2.05, 4.69) is 22.3 Å². The molecule has 2 rings (SSSR count). The zero-order valence-corrected chi connectivity index (χ0v) is 12.9. The summed E-state index contributed by atoms with van der Waals surface area (Å²) < 4.78 is 10.9. The first-order chi connectivity index (χ1) is 9.69. The predicted molar refractivity (Wildman–Crippen MR) is 83.4 cm³/mol. The average Bonchev–Trinajstić information content (AvgIpc) is 2.53. The van der Waals surface area contributed by atoms with Crippen molar-refractivity contribution < 1.29 is 9.47 Å². The minimum absolute atomic E-state index is 0.439. The number of likely N-dealkylation sites (tertiary alicyclic amines) is 1. The average molecular weight is 294 g/mol. The van der Waals surface area contributed by atoms with Crippen LogP contribution in [-0.4, -0.2) is 43.1 Å². The van der Waals surface area contributed by atoms with Gasteiger partial charge in [0.1, 0.15) is 0 Å². The summed E-state index contributed by atoms with van der Waals surface area (Å²) in [7, 11) is 3.40. The fraction of sp³-hybridized carbons (Fsp3) is 0.533. The number of benzene rings is 1. The molecule has 1 aromatic carbocycles. The molecule has 0 aliphatic carbocycles. The summed E-state index contributed by atoms with van der Waals surface area (Å²) in [5.74, 6) is -0.439. The molecule has 1 aliphatic rings. The van der Waals surface area contributed by atoms with E-state index < -0.39 is 5.79 Å². The molecule has 4 nitrogen and oxygen atoms in total. The Kier molecular flexibility index (Phi) is 5.34. The van der Waals surface area contributed by atoms with Gasteiger partial charge < -0.3 is 19.7 Å². The number of thiocarbonyl (C=S) groups is 1. The Labute approximate surface area is 126 Å². The zero-order valence-electron chi connectivity index (χ0n) is 12.1. The molecule has 1 aromatic rings. The predicted octanol–water partition coefficient (Wildman–Crippen LogP) is 2.15. The van der Waals surface area contributed by atoms with E-state index in [0.29, 0.717) is 0 Å². The third kappa shape index (κ3) is 3.69. The van der Waals surface area contributed by atoms with Gasteiger partial charge in [0.05, 0.1) is 0 Å². The minimum Gasteiger partial charge on any atom is -0.358 e. The topological polar surface area (TPSA) is 33.7 Å². The Morgan fingerprint density at radius 1 is 1.20 bits per heavy atom. The molecule has 0 radical (unpaired) electrons. The van der Waals surface area contributed by atoms with Crippen molar-refractivity contribution in [2.45, 2.75) is 25.2 Å². The van der Waals surface area contributed by atoms with E-state index in [4.69, 9.17) is 21.7 Å². The fourth-order valence-electron chi connectivity index (χ4n) is 2.43. The van der Waals surface area contributed by atoms with Gasteiger partial charge in [-0.2, -0.15) is 0 Å². The SMILES string of the molecule is COC1(OC)CCN(C(=S)NCc2ccccc2)CC1. The number of ether oxygens (including phenoxy) is 2. The van der Waals surface area contributed by atoms with Gasteiger partial charge in [-0.25, -0.2) is 0 Å². The van der Waals surface area contributed by atoms with Crippen LogP contribution in [0.25, 0.3) is 0 Å². The first-order valence-corrected chi connectivity index (χ1v) is 7.27. The molecule has 1 saturated heterocycles.